The first kappa shape index (κ1) is 16.6. The monoisotopic (exact) mass is 410 g/mol. The highest BCUT2D eigenvalue weighted by Gasteiger charge is 2.23. The van der Waals surface area contributed by atoms with E-state index < -0.39 is 0 Å². The minimum absolute atomic E-state index is 0.186. The van der Waals surface area contributed by atoms with Crippen LogP contribution in [0.1, 0.15) is 32.0 Å². The van der Waals surface area contributed by atoms with Crippen LogP contribution in [0.3, 0.4) is 0 Å². The van der Waals surface area contributed by atoms with Crippen LogP contribution in [0.15, 0.2) is 37.9 Å². The van der Waals surface area contributed by atoms with Crippen molar-refractivity contribution in [1.29, 1.82) is 0 Å². The molecule has 0 unspecified atom stereocenters. The van der Waals surface area contributed by atoms with E-state index in [1.165, 1.54) is 21.4 Å². The molecule has 8 heteroatoms. The van der Waals surface area contributed by atoms with Gasteiger partial charge in [0.25, 0.3) is 5.56 Å². The van der Waals surface area contributed by atoms with Crippen LogP contribution in [0.5, 0.6) is 0 Å². The Labute approximate surface area is 150 Å². The summed E-state index contributed by atoms with van der Waals surface area (Å²) in [5.41, 5.74) is 1.10. The van der Waals surface area contributed by atoms with Crippen LogP contribution in [-0.4, -0.2) is 19.8 Å². The molecule has 0 amide bonds. The summed E-state index contributed by atoms with van der Waals surface area (Å²) in [5.74, 6) is 0.793. The van der Waals surface area contributed by atoms with Gasteiger partial charge in [-0.05, 0) is 17.7 Å². The Morgan fingerprint density at radius 3 is 2.57 bits per heavy atom. The maximum absolute atomic E-state index is 12.5. The molecule has 0 fully saturated rings. The third kappa shape index (κ3) is 3.64. The highest BCUT2D eigenvalue weighted by Crippen LogP contribution is 2.27. The van der Waals surface area contributed by atoms with E-state index in [9.17, 15) is 4.79 Å². The summed E-state index contributed by atoms with van der Waals surface area (Å²) >= 11 is 6.40. The van der Waals surface area contributed by atoms with Crippen LogP contribution in [0.25, 0.3) is 4.96 Å². The van der Waals surface area contributed by atoms with Crippen LogP contribution in [0.2, 0.25) is 0 Å². The van der Waals surface area contributed by atoms with Crippen LogP contribution >= 0.6 is 39.0 Å². The largest absolute Gasteiger partial charge is 0.297 e. The van der Waals surface area contributed by atoms with Crippen molar-refractivity contribution in [3.05, 3.63) is 50.3 Å². The van der Waals surface area contributed by atoms with Crippen molar-refractivity contribution in [3.8, 4) is 0 Å². The number of hydrogen-bond donors (Lipinski definition) is 0. The van der Waals surface area contributed by atoms with Gasteiger partial charge in [0, 0.05) is 15.6 Å². The fraction of sp³-hybridized carbons (Fsp3) is 0.333. The predicted octanol–water partition coefficient (Wildman–Crippen LogP) is 3.90. The van der Waals surface area contributed by atoms with Crippen LogP contribution < -0.4 is 5.56 Å². The minimum atomic E-state index is -0.348. The molecule has 0 radical (unpaired) electrons. The van der Waals surface area contributed by atoms with E-state index in [0.29, 0.717) is 10.7 Å². The average Bonchev–Trinajstić information content (AvgIpc) is 2.90. The lowest BCUT2D eigenvalue weighted by molar-refractivity contribution is 0.541. The lowest BCUT2D eigenvalue weighted by atomic mass is 9.93. The topological polar surface area (TPSA) is 60.1 Å². The molecule has 0 N–H and O–H groups in total. The standard InChI is InChI=1S/C15H15BrN4OS2/c1-15(2,3)11-12(21)20-13(18-17-11)23-14(19-20)22-8-9-4-6-10(16)7-5-9/h4-7H,8H2,1-3H3. The fourth-order valence-electron chi connectivity index (χ4n) is 1.95. The number of benzene rings is 1. The van der Waals surface area contributed by atoms with E-state index in [1.807, 2.05) is 32.9 Å². The minimum Gasteiger partial charge on any atom is -0.265 e. The molecular formula is C15H15BrN4OS2. The molecule has 0 saturated heterocycles. The van der Waals surface area contributed by atoms with Gasteiger partial charge >= 0.3 is 0 Å². The summed E-state index contributed by atoms with van der Waals surface area (Å²) in [5, 5.41) is 12.6. The van der Waals surface area contributed by atoms with Crippen molar-refractivity contribution in [1.82, 2.24) is 19.8 Å². The molecule has 0 spiro atoms. The summed E-state index contributed by atoms with van der Waals surface area (Å²) in [6.07, 6.45) is 0. The van der Waals surface area contributed by atoms with E-state index in [-0.39, 0.29) is 11.0 Å². The van der Waals surface area contributed by atoms with Gasteiger partial charge in [0.2, 0.25) is 4.96 Å². The third-order valence-electron chi connectivity index (χ3n) is 3.16. The molecule has 23 heavy (non-hydrogen) atoms. The van der Waals surface area contributed by atoms with Crippen molar-refractivity contribution in [2.75, 3.05) is 0 Å². The molecular weight excluding hydrogens is 396 g/mol. The number of rotatable bonds is 3. The summed E-state index contributed by atoms with van der Waals surface area (Å²) in [6.45, 7) is 5.83. The highest BCUT2D eigenvalue weighted by atomic mass is 79.9. The third-order valence-corrected chi connectivity index (χ3v) is 5.79. The summed E-state index contributed by atoms with van der Waals surface area (Å²) < 4.78 is 3.23. The van der Waals surface area contributed by atoms with Crippen molar-refractivity contribution < 1.29 is 0 Å². The lowest BCUT2D eigenvalue weighted by Crippen LogP contribution is -2.30. The number of halogens is 1. The maximum atomic E-state index is 12.5. The summed E-state index contributed by atoms with van der Waals surface area (Å²) in [6, 6.07) is 8.15. The Balaban J connectivity index is 1.87. The zero-order chi connectivity index (χ0) is 16.6. The SMILES string of the molecule is CC(C)(C)c1nnc2sc(SCc3ccc(Br)cc3)nn2c1=O. The van der Waals surface area contributed by atoms with E-state index in [1.54, 1.807) is 11.8 Å². The number of hydrogen-bond acceptors (Lipinski definition) is 6. The Kier molecular flexibility index (Phi) is 4.57. The molecule has 0 bridgehead atoms. The first-order chi connectivity index (χ1) is 10.8. The second-order valence-electron chi connectivity index (χ2n) is 6.08. The molecule has 5 nitrogen and oxygen atoms in total. The Hall–Kier alpha value is -1.25. The molecule has 0 aliphatic rings. The molecule has 0 aliphatic carbocycles. The smallest absolute Gasteiger partial charge is 0.265 e. The zero-order valence-electron chi connectivity index (χ0n) is 12.9. The quantitative estimate of drug-likeness (QED) is 0.612. The lowest BCUT2D eigenvalue weighted by Gasteiger charge is -2.14. The molecule has 0 atom stereocenters. The molecule has 0 saturated carbocycles. The Morgan fingerprint density at radius 1 is 1.22 bits per heavy atom. The molecule has 0 aliphatic heterocycles. The van der Waals surface area contributed by atoms with E-state index in [0.717, 1.165) is 14.6 Å². The van der Waals surface area contributed by atoms with Crippen molar-refractivity contribution in [2.24, 2.45) is 0 Å². The van der Waals surface area contributed by atoms with Gasteiger partial charge in [-0.15, -0.1) is 15.3 Å². The van der Waals surface area contributed by atoms with Crippen molar-refractivity contribution >= 4 is 44.0 Å². The zero-order valence-corrected chi connectivity index (χ0v) is 16.1. The van der Waals surface area contributed by atoms with E-state index in [4.69, 9.17) is 0 Å². The fourth-order valence-corrected chi connectivity index (χ4v) is 4.04. The molecule has 3 aromatic rings. The van der Waals surface area contributed by atoms with Crippen LogP contribution in [-0.2, 0) is 11.2 Å². The van der Waals surface area contributed by atoms with Crippen molar-refractivity contribution in [2.45, 2.75) is 36.3 Å². The maximum Gasteiger partial charge on any atom is 0.297 e. The predicted molar refractivity (Wildman–Crippen MR) is 97.3 cm³/mol. The molecule has 120 valence electrons. The van der Waals surface area contributed by atoms with Gasteiger partial charge < -0.3 is 0 Å². The van der Waals surface area contributed by atoms with Gasteiger partial charge in [0.05, 0.1) is 0 Å². The Bertz CT molecular complexity index is 896. The highest BCUT2D eigenvalue weighted by molar-refractivity contribution is 9.10. The molecule has 2 heterocycles. The van der Waals surface area contributed by atoms with E-state index in [2.05, 4.69) is 43.4 Å². The van der Waals surface area contributed by atoms with Gasteiger partial charge in [-0.1, -0.05) is 71.9 Å². The van der Waals surface area contributed by atoms with Gasteiger partial charge in [0.15, 0.2) is 4.34 Å². The first-order valence-corrected chi connectivity index (χ1v) is 9.58. The van der Waals surface area contributed by atoms with Gasteiger partial charge in [0.1, 0.15) is 5.69 Å². The van der Waals surface area contributed by atoms with Gasteiger partial charge in [-0.25, -0.2) is 0 Å². The van der Waals surface area contributed by atoms with Crippen molar-refractivity contribution in [3.63, 3.8) is 0 Å². The summed E-state index contributed by atoms with van der Waals surface area (Å²) in [4.78, 5) is 13.0. The normalized spacial score (nSPS) is 12.0. The Morgan fingerprint density at radius 2 is 1.91 bits per heavy atom. The second kappa shape index (κ2) is 6.33. The molecule has 2 aromatic heterocycles. The van der Waals surface area contributed by atoms with Gasteiger partial charge in [-0.3, -0.25) is 4.79 Å². The molecule has 3 rings (SSSR count). The first-order valence-electron chi connectivity index (χ1n) is 6.99. The average molecular weight is 411 g/mol. The van der Waals surface area contributed by atoms with Crippen LogP contribution in [0, 0.1) is 0 Å². The molecule has 1 aromatic carbocycles. The number of thioether (sulfide) groups is 1. The number of nitrogens with zero attached hydrogens (tertiary/aromatic N) is 4. The number of fused-ring (bicyclic) bond motifs is 1. The second-order valence-corrected chi connectivity index (χ2v) is 9.18. The number of aromatic nitrogens is 4. The summed E-state index contributed by atoms with van der Waals surface area (Å²) in [7, 11) is 0. The van der Waals surface area contributed by atoms with E-state index >= 15 is 0 Å². The van der Waals surface area contributed by atoms with Crippen LogP contribution in [0.4, 0.5) is 0 Å². The van der Waals surface area contributed by atoms with Gasteiger partial charge in [-0.2, -0.15) is 4.52 Å².